The maximum absolute atomic E-state index is 11.9. The lowest BCUT2D eigenvalue weighted by molar-refractivity contribution is -0.111. The van der Waals surface area contributed by atoms with E-state index in [1.165, 1.54) is 6.08 Å². The maximum atomic E-state index is 11.9. The van der Waals surface area contributed by atoms with Gasteiger partial charge in [0.2, 0.25) is 5.91 Å². The maximum Gasteiger partial charge on any atom is 0.248 e. The topological polar surface area (TPSA) is 62.2 Å². The first-order valence-electron chi connectivity index (χ1n) is 6.39. The molecule has 21 heavy (non-hydrogen) atoms. The van der Waals surface area contributed by atoms with Crippen molar-refractivity contribution in [2.45, 2.75) is 13.5 Å². The molecule has 5 heteroatoms. The van der Waals surface area contributed by atoms with E-state index in [-0.39, 0.29) is 12.5 Å². The van der Waals surface area contributed by atoms with E-state index in [1.54, 1.807) is 30.5 Å². The molecule has 0 aliphatic carbocycles. The van der Waals surface area contributed by atoms with E-state index in [0.29, 0.717) is 10.8 Å². The molecule has 108 valence electrons. The molecule has 1 aromatic heterocycles. The molecule has 0 spiro atoms. The van der Waals surface area contributed by atoms with Crippen LogP contribution < -0.4 is 5.32 Å². The van der Waals surface area contributed by atoms with Gasteiger partial charge in [0.1, 0.15) is 5.15 Å². The van der Waals surface area contributed by atoms with E-state index in [9.17, 15) is 4.79 Å². The van der Waals surface area contributed by atoms with Crippen LogP contribution in [0.15, 0.2) is 42.6 Å². The Labute approximate surface area is 128 Å². The minimum atomic E-state index is -0.247. The monoisotopic (exact) mass is 302 g/mol. The zero-order valence-corrected chi connectivity index (χ0v) is 12.3. The van der Waals surface area contributed by atoms with E-state index < -0.39 is 0 Å². The van der Waals surface area contributed by atoms with Crippen molar-refractivity contribution in [3.63, 3.8) is 0 Å². The first kappa shape index (κ1) is 15.2. The van der Waals surface area contributed by atoms with Crippen molar-refractivity contribution in [1.29, 1.82) is 0 Å². The Bertz CT molecular complexity index is 666. The van der Waals surface area contributed by atoms with Crippen LogP contribution in [0.3, 0.4) is 0 Å². The number of nitrogens with one attached hydrogen (secondary N) is 1. The van der Waals surface area contributed by atoms with Crippen molar-refractivity contribution < 1.29 is 9.90 Å². The first-order chi connectivity index (χ1) is 10.1. The van der Waals surface area contributed by atoms with E-state index in [2.05, 4.69) is 10.3 Å². The third kappa shape index (κ3) is 4.41. The lowest BCUT2D eigenvalue weighted by atomic mass is 10.1. The molecule has 0 aliphatic rings. The van der Waals surface area contributed by atoms with Gasteiger partial charge in [-0.25, -0.2) is 4.98 Å². The summed E-state index contributed by atoms with van der Waals surface area (Å²) in [6.07, 6.45) is 4.67. The number of aryl methyl sites for hydroxylation is 1. The molecule has 2 N–H and O–H groups in total. The number of aromatic nitrogens is 1. The third-order valence-corrected chi connectivity index (χ3v) is 3.14. The predicted molar refractivity (Wildman–Crippen MR) is 84.0 cm³/mol. The van der Waals surface area contributed by atoms with Gasteiger partial charge in [0.25, 0.3) is 0 Å². The fourth-order valence-corrected chi connectivity index (χ4v) is 1.85. The Hall–Kier alpha value is -2.17. The standard InChI is InChI=1S/C16H15ClN2O2/c1-11-2-3-13(10-20)8-14(11)19-16(21)7-5-12-4-6-15(17)18-9-12/h2-9,20H,10H2,1H3,(H,19,21)/b7-5+. The van der Waals surface area contributed by atoms with Gasteiger partial charge in [0.15, 0.2) is 0 Å². The Morgan fingerprint density at radius 2 is 2.19 bits per heavy atom. The van der Waals surface area contributed by atoms with Gasteiger partial charge in [-0.15, -0.1) is 0 Å². The second kappa shape index (κ2) is 7.02. The number of hydrogen-bond donors (Lipinski definition) is 2. The zero-order chi connectivity index (χ0) is 15.2. The summed E-state index contributed by atoms with van der Waals surface area (Å²) in [5, 5.41) is 12.3. The first-order valence-corrected chi connectivity index (χ1v) is 6.77. The number of aliphatic hydroxyl groups excluding tert-OH is 1. The summed E-state index contributed by atoms with van der Waals surface area (Å²) in [4.78, 5) is 15.8. The quantitative estimate of drug-likeness (QED) is 0.673. The molecular formula is C16H15ClN2O2. The number of benzene rings is 1. The summed E-state index contributed by atoms with van der Waals surface area (Å²) >= 11 is 5.69. The van der Waals surface area contributed by atoms with Crippen LogP contribution in [0.25, 0.3) is 6.08 Å². The minimum absolute atomic E-state index is 0.0601. The third-order valence-electron chi connectivity index (χ3n) is 2.92. The molecule has 0 radical (unpaired) electrons. The number of pyridine rings is 1. The van der Waals surface area contributed by atoms with Crippen molar-refractivity contribution in [3.8, 4) is 0 Å². The highest BCUT2D eigenvalue weighted by Gasteiger charge is 2.03. The molecule has 0 bridgehead atoms. The second-order valence-electron chi connectivity index (χ2n) is 4.54. The molecule has 4 nitrogen and oxygen atoms in total. The summed E-state index contributed by atoms with van der Waals surface area (Å²) in [5.74, 6) is -0.247. The van der Waals surface area contributed by atoms with Gasteiger partial charge in [0, 0.05) is 18.0 Å². The normalized spacial score (nSPS) is 10.8. The fraction of sp³-hybridized carbons (Fsp3) is 0.125. The molecule has 0 unspecified atom stereocenters. The van der Waals surface area contributed by atoms with Crippen LogP contribution in [0.5, 0.6) is 0 Å². The lowest BCUT2D eigenvalue weighted by Gasteiger charge is -2.08. The number of halogens is 1. The summed E-state index contributed by atoms with van der Waals surface area (Å²) < 4.78 is 0. The second-order valence-corrected chi connectivity index (χ2v) is 4.93. The smallest absolute Gasteiger partial charge is 0.248 e. The zero-order valence-electron chi connectivity index (χ0n) is 11.5. The Balaban J connectivity index is 2.06. The van der Waals surface area contributed by atoms with E-state index in [4.69, 9.17) is 16.7 Å². The van der Waals surface area contributed by atoms with Crippen molar-refractivity contribution >= 4 is 29.3 Å². The van der Waals surface area contributed by atoms with Crippen molar-refractivity contribution in [2.75, 3.05) is 5.32 Å². The highest BCUT2D eigenvalue weighted by molar-refractivity contribution is 6.29. The van der Waals surface area contributed by atoms with E-state index >= 15 is 0 Å². The van der Waals surface area contributed by atoms with E-state index in [0.717, 1.165) is 16.7 Å². The number of anilines is 1. The van der Waals surface area contributed by atoms with Gasteiger partial charge in [0.05, 0.1) is 6.61 Å². The van der Waals surface area contributed by atoms with Crippen LogP contribution in [0, 0.1) is 6.92 Å². The van der Waals surface area contributed by atoms with Crippen LogP contribution in [-0.4, -0.2) is 16.0 Å². The van der Waals surface area contributed by atoms with Crippen molar-refractivity contribution in [2.24, 2.45) is 0 Å². The van der Waals surface area contributed by atoms with Crippen LogP contribution in [-0.2, 0) is 11.4 Å². The largest absolute Gasteiger partial charge is 0.392 e. The van der Waals surface area contributed by atoms with Gasteiger partial charge in [-0.1, -0.05) is 29.8 Å². The van der Waals surface area contributed by atoms with E-state index in [1.807, 2.05) is 19.1 Å². The molecule has 1 aromatic carbocycles. The Morgan fingerprint density at radius 1 is 1.38 bits per heavy atom. The molecule has 0 fully saturated rings. The van der Waals surface area contributed by atoms with Gasteiger partial charge >= 0.3 is 0 Å². The number of aliphatic hydroxyl groups is 1. The van der Waals surface area contributed by atoms with Gasteiger partial charge in [-0.2, -0.15) is 0 Å². The summed E-state index contributed by atoms with van der Waals surface area (Å²) in [6, 6.07) is 8.86. The van der Waals surface area contributed by atoms with Crippen molar-refractivity contribution in [3.05, 3.63) is 64.4 Å². The summed E-state index contributed by atoms with van der Waals surface area (Å²) in [5.41, 5.74) is 3.16. The number of carbonyl (C=O) groups is 1. The summed E-state index contributed by atoms with van der Waals surface area (Å²) in [7, 11) is 0. The number of carbonyl (C=O) groups excluding carboxylic acids is 1. The van der Waals surface area contributed by atoms with Crippen LogP contribution >= 0.6 is 11.6 Å². The fourth-order valence-electron chi connectivity index (χ4n) is 1.73. The number of hydrogen-bond acceptors (Lipinski definition) is 3. The molecule has 2 aromatic rings. The van der Waals surface area contributed by atoms with Gasteiger partial charge < -0.3 is 10.4 Å². The molecule has 0 saturated carbocycles. The highest BCUT2D eigenvalue weighted by Crippen LogP contribution is 2.17. The van der Waals surface area contributed by atoms with Crippen LogP contribution in [0.1, 0.15) is 16.7 Å². The lowest BCUT2D eigenvalue weighted by Crippen LogP contribution is -2.09. The van der Waals surface area contributed by atoms with Crippen molar-refractivity contribution in [1.82, 2.24) is 4.98 Å². The summed E-state index contributed by atoms with van der Waals surface area (Å²) in [6.45, 7) is 1.83. The van der Waals surface area contributed by atoms with Crippen LogP contribution in [0.2, 0.25) is 5.15 Å². The van der Waals surface area contributed by atoms with Gasteiger partial charge in [-0.05, 0) is 41.8 Å². The average molecular weight is 303 g/mol. The highest BCUT2D eigenvalue weighted by atomic mass is 35.5. The minimum Gasteiger partial charge on any atom is -0.392 e. The number of nitrogens with zero attached hydrogens (tertiary/aromatic N) is 1. The molecular weight excluding hydrogens is 288 g/mol. The molecule has 2 rings (SSSR count). The molecule has 0 atom stereocenters. The Morgan fingerprint density at radius 3 is 2.86 bits per heavy atom. The van der Waals surface area contributed by atoms with Gasteiger partial charge in [-0.3, -0.25) is 4.79 Å². The Kier molecular flexibility index (Phi) is 5.09. The van der Waals surface area contributed by atoms with Crippen LogP contribution in [0.4, 0.5) is 5.69 Å². The number of rotatable bonds is 4. The molecule has 1 heterocycles. The predicted octanol–water partition coefficient (Wildman–Crippen LogP) is 3.19. The molecule has 0 aliphatic heterocycles. The SMILES string of the molecule is Cc1ccc(CO)cc1NC(=O)/C=C/c1ccc(Cl)nc1. The molecule has 0 saturated heterocycles. The molecule has 1 amide bonds. The number of amides is 1. The average Bonchev–Trinajstić information content (AvgIpc) is 2.49.